The van der Waals surface area contributed by atoms with E-state index in [0.29, 0.717) is 6.04 Å². The van der Waals surface area contributed by atoms with E-state index in [2.05, 4.69) is 24.0 Å². The average Bonchev–Trinajstić information content (AvgIpc) is 2.38. The van der Waals surface area contributed by atoms with E-state index >= 15 is 0 Å². The first kappa shape index (κ1) is 12.9. The van der Waals surface area contributed by atoms with Crippen LogP contribution in [0, 0.1) is 0 Å². The van der Waals surface area contributed by atoms with Crippen molar-refractivity contribution in [1.82, 2.24) is 4.90 Å². The molecule has 0 spiro atoms. The number of benzene rings is 1. The number of likely N-dealkylation sites (tertiary alicyclic amines) is 1. The monoisotopic (exact) mass is 251 g/mol. The van der Waals surface area contributed by atoms with Gasteiger partial charge in [-0.1, -0.05) is 43.5 Å². The van der Waals surface area contributed by atoms with Gasteiger partial charge in [-0.15, -0.1) is 0 Å². The molecule has 2 heteroatoms. The molecule has 1 aromatic carbocycles. The van der Waals surface area contributed by atoms with Gasteiger partial charge in [0.2, 0.25) is 0 Å². The second-order valence-electron chi connectivity index (χ2n) is 4.95. The number of rotatable bonds is 4. The molecule has 0 bridgehead atoms. The fourth-order valence-corrected chi connectivity index (χ4v) is 2.87. The van der Waals surface area contributed by atoms with Crippen molar-refractivity contribution in [3.05, 3.63) is 34.9 Å². The summed E-state index contributed by atoms with van der Waals surface area (Å²) in [5, 5.41) is 0.836. The Morgan fingerprint density at radius 1 is 1.12 bits per heavy atom. The highest BCUT2D eigenvalue weighted by atomic mass is 35.5. The molecule has 1 aliphatic rings. The molecular formula is C15H22ClN. The van der Waals surface area contributed by atoms with Crippen LogP contribution in [-0.4, -0.2) is 18.0 Å². The van der Waals surface area contributed by atoms with E-state index in [1.807, 2.05) is 12.1 Å². The Labute approximate surface area is 110 Å². The van der Waals surface area contributed by atoms with Crippen LogP contribution in [0.5, 0.6) is 0 Å². The highest BCUT2D eigenvalue weighted by molar-refractivity contribution is 6.30. The Morgan fingerprint density at radius 2 is 1.76 bits per heavy atom. The summed E-state index contributed by atoms with van der Waals surface area (Å²) in [6, 6.07) is 9.01. The molecule has 1 nitrogen and oxygen atoms in total. The maximum atomic E-state index is 5.97. The van der Waals surface area contributed by atoms with Gasteiger partial charge in [0.15, 0.2) is 0 Å². The Balaban J connectivity index is 2.12. The van der Waals surface area contributed by atoms with E-state index in [-0.39, 0.29) is 0 Å². The quantitative estimate of drug-likeness (QED) is 0.752. The van der Waals surface area contributed by atoms with E-state index in [4.69, 9.17) is 11.6 Å². The molecule has 0 amide bonds. The highest BCUT2D eigenvalue weighted by Gasteiger charge is 2.21. The Morgan fingerprint density at radius 3 is 2.35 bits per heavy atom. The van der Waals surface area contributed by atoms with Gasteiger partial charge < -0.3 is 0 Å². The predicted octanol–water partition coefficient (Wildman–Crippen LogP) is 4.67. The van der Waals surface area contributed by atoms with Crippen LogP contribution < -0.4 is 0 Å². The third kappa shape index (κ3) is 3.46. The normalized spacial score (nSPS) is 19.2. The van der Waals surface area contributed by atoms with Crippen molar-refractivity contribution < 1.29 is 0 Å². The fraction of sp³-hybridized carbons (Fsp3) is 0.600. The summed E-state index contributed by atoms with van der Waals surface area (Å²) in [7, 11) is 0. The van der Waals surface area contributed by atoms with E-state index in [1.54, 1.807) is 0 Å². The third-order valence-corrected chi connectivity index (χ3v) is 3.90. The molecule has 1 saturated heterocycles. The second-order valence-corrected chi connectivity index (χ2v) is 5.39. The van der Waals surface area contributed by atoms with E-state index in [9.17, 15) is 0 Å². The Bertz CT molecular complexity index is 327. The van der Waals surface area contributed by atoms with Crippen molar-refractivity contribution in [1.29, 1.82) is 0 Å². The zero-order valence-electron chi connectivity index (χ0n) is 10.7. The van der Waals surface area contributed by atoms with Gasteiger partial charge in [-0.25, -0.2) is 0 Å². The number of piperidine rings is 1. The first-order chi connectivity index (χ1) is 8.31. The lowest BCUT2D eigenvalue weighted by atomic mass is 9.98. The van der Waals surface area contributed by atoms with Gasteiger partial charge in [0.25, 0.3) is 0 Å². The van der Waals surface area contributed by atoms with Crippen molar-refractivity contribution in [3.63, 3.8) is 0 Å². The van der Waals surface area contributed by atoms with Crippen molar-refractivity contribution in [2.45, 2.75) is 45.1 Å². The Hall–Kier alpha value is -0.530. The lowest BCUT2D eigenvalue weighted by Gasteiger charge is -2.35. The molecular weight excluding hydrogens is 230 g/mol. The van der Waals surface area contributed by atoms with Crippen LogP contribution in [0.4, 0.5) is 0 Å². The summed E-state index contributed by atoms with van der Waals surface area (Å²) < 4.78 is 0. The molecule has 1 unspecified atom stereocenters. The molecule has 94 valence electrons. The minimum atomic E-state index is 0.595. The Kier molecular flexibility index (Phi) is 4.87. The molecule has 1 aliphatic heterocycles. The van der Waals surface area contributed by atoms with E-state index in [0.717, 1.165) is 5.02 Å². The first-order valence-electron chi connectivity index (χ1n) is 6.81. The molecule has 0 radical (unpaired) electrons. The van der Waals surface area contributed by atoms with Crippen LogP contribution in [0.1, 0.15) is 50.6 Å². The molecule has 1 atom stereocenters. The van der Waals surface area contributed by atoms with Crippen molar-refractivity contribution in [3.8, 4) is 0 Å². The summed E-state index contributed by atoms with van der Waals surface area (Å²) in [4.78, 5) is 2.65. The standard InChI is InChI=1S/C15H22ClN/c1-2-6-15(17-11-4-3-5-12-17)13-7-9-14(16)10-8-13/h7-10,15H,2-6,11-12H2,1H3. The lowest BCUT2D eigenvalue weighted by molar-refractivity contribution is 0.155. The largest absolute Gasteiger partial charge is 0.296 e. The number of nitrogens with zero attached hydrogens (tertiary/aromatic N) is 1. The van der Waals surface area contributed by atoms with Crippen molar-refractivity contribution >= 4 is 11.6 Å². The van der Waals surface area contributed by atoms with Gasteiger partial charge in [-0.05, 0) is 50.0 Å². The summed E-state index contributed by atoms with van der Waals surface area (Å²) in [5.41, 5.74) is 1.43. The minimum absolute atomic E-state index is 0.595. The summed E-state index contributed by atoms with van der Waals surface area (Å²) in [6.07, 6.45) is 6.60. The van der Waals surface area contributed by atoms with Crippen LogP contribution in [-0.2, 0) is 0 Å². The number of halogens is 1. The highest BCUT2D eigenvalue weighted by Crippen LogP contribution is 2.29. The number of hydrogen-bond donors (Lipinski definition) is 0. The maximum absolute atomic E-state index is 5.97. The lowest BCUT2D eigenvalue weighted by Crippen LogP contribution is -2.33. The average molecular weight is 252 g/mol. The molecule has 0 saturated carbocycles. The van der Waals surface area contributed by atoms with Gasteiger partial charge in [-0.2, -0.15) is 0 Å². The smallest absolute Gasteiger partial charge is 0.0406 e. The van der Waals surface area contributed by atoms with Gasteiger partial charge in [0.05, 0.1) is 0 Å². The minimum Gasteiger partial charge on any atom is -0.296 e. The molecule has 0 N–H and O–H groups in total. The van der Waals surface area contributed by atoms with Crippen LogP contribution in [0.2, 0.25) is 5.02 Å². The topological polar surface area (TPSA) is 3.24 Å². The SMILES string of the molecule is CCCC(c1ccc(Cl)cc1)N1CCCCC1. The van der Waals surface area contributed by atoms with Gasteiger partial charge in [-0.3, -0.25) is 4.90 Å². The van der Waals surface area contributed by atoms with Gasteiger partial charge >= 0.3 is 0 Å². The van der Waals surface area contributed by atoms with Crippen LogP contribution in [0.25, 0.3) is 0 Å². The molecule has 0 aliphatic carbocycles. The van der Waals surface area contributed by atoms with Crippen molar-refractivity contribution in [2.24, 2.45) is 0 Å². The van der Waals surface area contributed by atoms with Crippen LogP contribution in [0.3, 0.4) is 0 Å². The number of hydrogen-bond acceptors (Lipinski definition) is 1. The summed E-state index contributed by atoms with van der Waals surface area (Å²) in [5.74, 6) is 0. The van der Waals surface area contributed by atoms with Gasteiger partial charge in [0, 0.05) is 11.1 Å². The molecule has 1 aromatic rings. The van der Waals surface area contributed by atoms with E-state index in [1.165, 1.54) is 50.8 Å². The zero-order chi connectivity index (χ0) is 12.1. The fourth-order valence-electron chi connectivity index (χ4n) is 2.75. The van der Waals surface area contributed by atoms with Crippen LogP contribution in [0.15, 0.2) is 24.3 Å². The summed E-state index contributed by atoms with van der Waals surface area (Å²) in [6.45, 7) is 4.79. The maximum Gasteiger partial charge on any atom is 0.0406 e. The van der Waals surface area contributed by atoms with E-state index < -0.39 is 0 Å². The first-order valence-corrected chi connectivity index (χ1v) is 7.18. The van der Waals surface area contributed by atoms with Gasteiger partial charge in [0.1, 0.15) is 0 Å². The molecule has 17 heavy (non-hydrogen) atoms. The molecule has 1 heterocycles. The molecule has 1 fully saturated rings. The van der Waals surface area contributed by atoms with Crippen LogP contribution >= 0.6 is 11.6 Å². The summed E-state index contributed by atoms with van der Waals surface area (Å²) >= 11 is 5.97. The molecule has 2 rings (SSSR count). The molecule has 0 aromatic heterocycles. The zero-order valence-corrected chi connectivity index (χ0v) is 11.4. The second kappa shape index (κ2) is 6.42. The van der Waals surface area contributed by atoms with Crippen molar-refractivity contribution in [2.75, 3.05) is 13.1 Å². The third-order valence-electron chi connectivity index (χ3n) is 3.65. The predicted molar refractivity (Wildman–Crippen MR) is 74.5 cm³/mol.